The fourth-order valence-corrected chi connectivity index (χ4v) is 6.31. The maximum Gasteiger partial charge on any atom is 0.333 e. The fraction of sp³-hybridized carbons (Fsp3) is 0.229. The molecular weight excluding hydrogens is 703 g/mol. The second-order valence-electron chi connectivity index (χ2n) is 11.8. The molecule has 0 spiro atoms. The van der Waals surface area contributed by atoms with Crippen LogP contribution in [0.5, 0.6) is 5.75 Å². The van der Waals surface area contributed by atoms with Crippen LogP contribution in [0.25, 0.3) is 16.9 Å². The molecule has 2 aromatic heterocycles. The van der Waals surface area contributed by atoms with Crippen LogP contribution < -0.4 is 15.7 Å². The smallest absolute Gasteiger partial charge is 0.333 e. The van der Waals surface area contributed by atoms with E-state index in [0.717, 1.165) is 12.8 Å². The number of nitrogens with one attached hydrogen (secondary N) is 1. The van der Waals surface area contributed by atoms with E-state index in [1.807, 2.05) is 6.92 Å². The summed E-state index contributed by atoms with van der Waals surface area (Å²) in [5.74, 6) is -0.768. The van der Waals surface area contributed by atoms with Gasteiger partial charge < -0.3 is 15.0 Å². The number of imidazole rings is 1. The fourth-order valence-electron chi connectivity index (χ4n) is 5.88. The quantitative estimate of drug-likeness (QED) is 0.205. The van der Waals surface area contributed by atoms with Crippen molar-refractivity contribution >= 4 is 39.3 Å². The predicted octanol–water partition coefficient (Wildman–Crippen LogP) is 6.17. The molecule has 0 saturated heterocycles. The third kappa shape index (κ3) is 6.13. The van der Waals surface area contributed by atoms with E-state index in [2.05, 4.69) is 31.4 Å². The summed E-state index contributed by atoms with van der Waals surface area (Å²) in [5, 5.41) is 11.2. The van der Waals surface area contributed by atoms with Crippen LogP contribution >= 0.6 is 27.5 Å². The molecule has 7 rings (SSSR count). The molecule has 1 saturated carbocycles. The highest BCUT2D eigenvalue weighted by Crippen LogP contribution is 2.30. The van der Waals surface area contributed by atoms with Crippen molar-refractivity contribution in [2.45, 2.75) is 51.5 Å². The summed E-state index contributed by atoms with van der Waals surface area (Å²) in [5.41, 5.74) is 1.94. The van der Waals surface area contributed by atoms with Crippen molar-refractivity contribution in [1.29, 1.82) is 0 Å². The molecule has 1 atom stereocenters. The summed E-state index contributed by atoms with van der Waals surface area (Å²) in [4.78, 5) is 43.7. The Morgan fingerprint density at radius 3 is 2.58 bits per heavy atom. The Bertz CT molecular complexity index is 2100. The second kappa shape index (κ2) is 13.0. The van der Waals surface area contributed by atoms with Crippen molar-refractivity contribution < 1.29 is 18.7 Å². The molecule has 2 amide bonds. The molecule has 2 aliphatic rings. The molecular formula is C35H29BrClFN6O4. The topological polar surface area (TPSA) is 111 Å². The van der Waals surface area contributed by atoms with Crippen LogP contribution in [0.15, 0.2) is 88.3 Å². The number of halogens is 3. The maximum atomic E-state index is 15.2. The number of hydrogen-bond donors (Lipinski definition) is 1. The number of fused-ring (bicyclic) bond motifs is 1. The summed E-state index contributed by atoms with van der Waals surface area (Å²) in [6, 6.07) is 19.5. The molecule has 48 heavy (non-hydrogen) atoms. The van der Waals surface area contributed by atoms with Gasteiger partial charge in [0.15, 0.2) is 0 Å². The number of carbonyl (C=O) groups excluding carboxylic acids is 2. The minimum Gasteiger partial charge on any atom is -0.490 e. The van der Waals surface area contributed by atoms with Gasteiger partial charge in [0.2, 0.25) is 0 Å². The molecule has 1 N–H and O–H groups in total. The van der Waals surface area contributed by atoms with Crippen molar-refractivity contribution in [1.82, 2.24) is 29.5 Å². The SMILES string of the molecule is CC1Cn2c(c(C(=O)NCc3c(F)cccc3-c3cccnn3)n(-c3ccc(OC4CC4)cc3)c2=O)CN1C(=O)c1ccc(Br)c(Cl)c1. The van der Waals surface area contributed by atoms with E-state index in [9.17, 15) is 14.4 Å². The van der Waals surface area contributed by atoms with Crippen LogP contribution in [-0.2, 0) is 19.6 Å². The summed E-state index contributed by atoms with van der Waals surface area (Å²) in [6.45, 7) is 1.79. The molecule has 1 aliphatic carbocycles. The molecule has 3 aromatic carbocycles. The Labute approximate surface area is 288 Å². The third-order valence-electron chi connectivity index (χ3n) is 8.50. The maximum absolute atomic E-state index is 15.2. The summed E-state index contributed by atoms with van der Waals surface area (Å²) < 4.78 is 24.6. The van der Waals surface area contributed by atoms with Crippen LogP contribution in [-0.4, -0.2) is 48.2 Å². The third-order valence-corrected chi connectivity index (χ3v) is 9.73. The van der Waals surface area contributed by atoms with Gasteiger partial charge in [-0.15, -0.1) is 0 Å². The number of rotatable bonds is 8. The Morgan fingerprint density at radius 1 is 1.08 bits per heavy atom. The highest BCUT2D eigenvalue weighted by Gasteiger charge is 2.35. The van der Waals surface area contributed by atoms with Gasteiger partial charge in [-0.05, 0) is 96.4 Å². The van der Waals surface area contributed by atoms with Gasteiger partial charge in [-0.2, -0.15) is 10.2 Å². The van der Waals surface area contributed by atoms with E-state index >= 15 is 4.39 Å². The lowest BCUT2D eigenvalue weighted by Crippen LogP contribution is -2.47. The molecule has 0 radical (unpaired) electrons. The Kier molecular flexibility index (Phi) is 8.61. The van der Waals surface area contributed by atoms with Gasteiger partial charge in [0, 0.05) is 46.5 Å². The highest BCUT2D eigenvalue weighted by atomic mass is 79.9. The number of benzene rings is 3. The average Bonchev–Trinajstić information content (AvgIpc) is 3.87. The molecule has 3 heterocycles. The first-order valence-corrected chi connectivity index (χ1v) is 16.6. The molecule has 1 unspecified atom stereocenters. The van der Waals surface area contributed by atoms with Gasteiger partial charge in [-0.1, -0.05) is 23.7 Å². The Morgan fingerprint density at radius 2 is 1.88 bits per heavy atom. The largest absolute Gasteiger partial charge is 0.490 e. The van der Waals surface area contributed by atoms with Crippen molar-refractivity contribution in [2.75, 3.05) is 0 Å². The predicted molar refractivity (Wildman–Crippen MR) is 181 cm³/mol. The number of aromatic nitrogens is 4. The molecule has 1 aliphatic heterocycles. The van der Waals surface area contributed by atoms with Gasteiger partial charge in [-0.3, -0.25) is 18.7 Å². The number of ether oxygens (including phenoxy) is 1. The molecule has 1 fully saturated rings. The molecule has 5 aromatic rings. The lowest BCUT2D eigenvalue weighted by atomic mass is 10.0. The van der Waals surface area contributed by atoms with E-state index in [1.54, 1.807) is 71.6 Å². The van der Waals surface area contributed by atoms with E-state index in [0.29, 0.717) is 43.4 Å². The summed E-state index contributed by atoms with van der Waals surface area (Å²) in [7, 11) is 0. The van der Waals surface area contributed by atoms with Crippen LogP contribution in [0.4, 0.5) is 4.39 Å². The van der Waals surface area contributed by atoms with Crippen molar-refractivity contribution in [3.63, 3.8) is 0 Å². The zero-order valence-electron chi connectivity index (χ0n) is 25.7. The standard InChI is InChI=1S/C35H29BrClFN6O4/c1-20-18-43-31(19-42(20)34(46)21-7-14-27(36)28(37)16-21)32(44(35(43)47)22-8-10-23(11-9-22)48-24-12-13-24)33(45)39-17-26-25(4-2-5-29(26)38)30-6-3-15-40-41-30/h2-11,14-16,20,24H,12-13,17-19H2,1H3,(H,39,45). The van der Waals surface area contributed by atoms with Gasteiger partial charge >= 0.3 is 5.69 Å². The monoisotopic (exact) mass is 730 g/mol. The second-order valence-corrected chi connectivity index (χ2v) is 13.1. The zero-order chi connectivity index (χ0) is 33.5. The molecule has 0 bridgehead atoms. The lowest BCUT2D eigenvalue weighted by Gasteiger charge is -2.34. The minimum absolute atomic E-state index is 0.0217. The van der Waals surface area contributed by atoms with Gasteiger partial charge in [0.25, 0.3) is 11.8 Å². The van der Waals surface area contributed by atoms with E-state index < -0.39 is 17.4 Å². The first-order chi connectivity index (χ1) is 23.2. The number of nitrogens with zero attached hydrogens (tertiary/aromatic N) is 5. The molecule has 10 nitrogen and oxygen atoms in total. The highest BCUT2D eigenvalue weighted by molar-refractivity contribution is 9.10. The van der Waals surface area contributed by atoms with E-state index in [1.165, 1.54) is 21.4 Å². The zero-order valence-corrected chi connectivity index (χ0v) is 28.0. The summed E-state index contributed by atoms with van der Waals surface area (Å²) >= 11 is 9.66. The number of hydrogen-bond acceptors (Lipinski definition) is 6. The first kappa shape index (κ1) is 31.8. The van der Waals surface area contributed by atoms with Gasteiger partial charge in [0.05, 0.1) is 34.7 Å². The van der Waals surface area contributed by atoms with Crippen LogP contribution in [0.2, 0.25) is 5.02 Å². The van der Waals surface area contributed by atoms with E-state index in [4.69, 9.17) is 16.3 Å². The van der Waals surface area contributed by atoms with Crippen molar-refractivity contribution in [2.24, 2.45) is 0 Å². The van der Waals surface area contributed by atoms with Crippen LogP contribution in [0.1, 0.15) is 51.9 Å². The van der Waals surface area contributed by atoms with Gasteiger partial charge in [-0.25, -0.2) is 9.18 Å². The summed E-state index contributed by atoms with van der Waals surface area (Å²) in [6.07, 6.45) is 3.71. The van der Waals surface area contributed by atoms with Crippen molar-refractivity contribution in [3.05, 3.63) is 127 Å². The minimum atomic E-state index is -0.610. The van der Waals surface area contributed by atoms with Crippen molar-refractivity contribution in [3.8, 4) is 22.7 Å². The first-order valence-electron chi connectivity index (χ1n) is 15.4. The molecule has 244 valence electrons. The average molecular weight is 732 g/mol. The lowest BCUT2D eigenvalue weighted by molar-refractivity contribution is 0.0610. The van der Waals surface area contributed by atoms with Gasteiger partial charge in [0.1, 0.15) is 17.3 Å². The number of carbonyl (C=O) groups is 2. The van der Waals surface area contributed by atoms with Crippen LogP contribution in [0.3, 0.4) is 0 Å². The van der Waals surface area contributed by atoms with Crippen LogP contribution in [0, 0.1) is 5.82 Å². The Hall–Kier alpha value is -4.81. The normalized spacial score (nSPS) is 15.6. The number of amides is 2. The molecule has 13 heteroatoms. The Balaban J connectivity index is 1.27. The van der Waals surface area contributed by atoms with E-state index in [-0.39, 0.29) is 48.9 Å².